The third-order valence-corrected chi connectivity index (χ3v) is 3.76. The SMILES string of the molecule is COc1ccc(OC)c(NC(=O)C(=O)NN=Cc2ccc(Cl)cc2Cl)c1. The first-order chi connectivity index (χ1) is 12.4. The van der Waals surface area contributed by atoms with Crippen LogP contribution < -0.4 is 20.2 Å². The van der Waals surface area contributed by atoms with E-state index in [1.165, 1.54) is 32.6 Å². The number of benzene rings is 2. The zero-order valence-electron chi connectivity index (χ0n) is 13.9. The number of nitrogens with zero attached hydrogens (tertiary/aromatic N) is 1. The van der Waals surface area contributed by atoms with Crippen molar-refractivity contribution in [2.75, 3.05) is 19.5 Å². The fraction of sp³-hybridized carbons (Fsp3) is 0.118. The van der Waals surface area contributed by atoms with Crippen LogP contribution in [-0.4, -0.2) is 32.2 Å². The molecule has 0 saturated carbocycles. The molecule has 0 heterocycles. The summed E-state index contributed by atoms with van der Waals surface area (Å²) < 4.78 is 10.2. The van der Waals surface area contributed by atoms with E-state index in [4.69, 9.17) is 32.7 Å². The normalized spacial score (nSPS) is 10.5. The molecule has 0 aromatic heterocycles. The summed E-state index contributed by atoms with van der Waals surface area (Å²) in [6.07, 6.45) is 1.30. The number of carbonyl (C=O) groups is 2. The van der Waals surface area contributed by atoms with Crippen molar-refractivity contribution in [3.05, 3.63) is 52.0 Å². The number of carbonyl (C=O) groups excluding carboxylic acids is 2. The molecule has 26 heavy (non-hydrogen) atoms. The highest BCUT2D eigenvalue weighted by atomic mass is 35.5. The lowest BCUT2D eigenvalue weighted by Crippen LogP contribution is -2.32. The maximum atomic E-state index is 12.0. The van der Waals surface area contributed by atoms with Crippen LogP contribution in [0.3, 0.4) is 0 Å². The molecule has 2 aromatic rings. The van der Waals surface area contributed by atoms with Crippen LogP contribution in [-0.2, 0) is 9.59 Å². The van der Waals surface area contributed by atoms with Gasteiger partial charge in [-0.15, -0.1) is 0 Å². The number of rotatable bonds is 5. The number of anilines is 1. The number of methoxy groups -OCH3 is 2. The molecule has 0 aliphatic carbocycles. The van der Waals surface area contributed by atoms with Gasteiger partial charge in [0.15, 0.2) is 0 Å². The van der Waals surface area contributed by atoms with Gasteiger partial charge in [0.25, 0.3) is 0 Å². The first-order valence-corrected chi connectivity index (χ1v) is 8.01. The molecule has 0 radical (unpaired) electrons. The van der Waals surface area contributed by atoms with Crippen molar-refractivity contribution in [3.63, 3.8) is 0 Å². The Labute approximate surface area is 159 Å². The Morgan fingerprint density at radius 2 is 1.81 bits per heavy atom. The Morgan fingerprint density at radius 1 is 1.04 bits per heavy atom. The van der Waals surface area contributed by atoms with Crippen molar-refractivity contribution in [2.24, 2.45) is 5.10 Å². The van der Waals surface area contributed by atoms with Gasteiger partial charge in [-0.25, -0.2) is 5.43 Å². The highest BCUT2D eigenvalue weighted by Gasteiger charge is 2.16. The summed E-state index contributed by atoms with van der Waals surface area (Å²) in [6, 6.07) is 9.58. The van der Waals surface area contributed by atoms with Gasteiger partial charge in [-0.05, 0) is 24.3 Å². The molecule has 0 saturated heterocycles. The highest BCUT2D eigenvalue weighted by molar-refractivity contribution is 6.40. The van der Waals surface area contributed by atoms with Gasteiger partial charge in [0, 0.05) is 16.7 Å². The third kappa shape index (κ3) is 5.11. The molecule has 0 unspecified atom stereocenters. The van der Waals surface area contributed by atoms with Crippen LogP contribution in [0.2, 0.25) is 10.0 Å². The number of hydrazone groups is 1. The Bertz CT molecular complexity index is 856. The van der Waals surface area contributed by atoms with Crippen LogP contribution in [0, 0.1) is 0 Å². The summed E-state index contributed by atoms with van der Waals surface area (Å²) in [6.45, 7) is 0. The summed E-state index contributed by atoms with van der Waals surface area (Å²) in [5.74, 6) is -1.01. The zero-order valence-corrected chi connectivity index (χ0v) is 15.4. The minimum atomic E-state index is -0.962. The van der Waals surface area contributed by atoms with E-state index in [2.05, 4.69) is 15.8 Å². The van der Waals surface area contributed by atoms with Crippen LogP contribution >= 0.6 is 23.2 Å². The van der Waals surface area contributed by atoms with E-state index in [0.29, 0.717) is 27.1 Å². The number of hydrogen-bond acceptors (Lipinski definition) is 5. The zero-order chi connectivity index (χ0) is 19.1. The molecule has 0 atom stereocenters. The first kappa shape index (κ1) is 19.6. The predicted octanol–water partition coefficient (Wildman–Crippen LogP) is 3.10. The summed E-state index contributed by atoms with van der Waals surface area (Å²) >= 11 is 11.8. The van der Waals surface area contributed by atoms with Gasteiger partial charge >= 0.3 is 11.8 Å². The average molecular weight is 396 g/mol. The second kappa shape index (κ2) is 9.07. The van der Waals surface area contributed by atoms with Crippen molar-refractivity contribution in [1.29, 1.82) is 0 Å². The molecule has 2 aromatic carbocycles. The summed E-state index contributed by atoms with van der Waals surface area (Å²) in [5, 5.41) is 6.97. The Balaban J connectivity index is 2.02. The molecule has 0 aliphatic heterocycles. The van der Waals surface area contributed by atoms with E-state index in [1.54, 1.807) is 24.3 Å². The molecular formula is C17H15Cl2N3O4. The lowest BCUT2D eigenvalue weighted by atomic mass is 10.2. The smallest absolute Gasteiger partial charge is 0.329 e. The van der Waals surface area contributed by atoms with E-state index in [1.807, 2.05) is 0 Å². The van der Waals surface area contributed by atoms with E-state index in [9.17, 15) is 9.59 Å². The second-order valence-corrected chi connectivity index (χ2v) is 5.73. The van der Waals surface area contributed by atoms with Crippen LogP contribution in [0.15, 0.2) is 41.5 Å². The number of halogens is 2. The maximum Gasteiger partial charge on any atom is 0.329 e. The molecule has 0 spiro atoms. The molecule has 2 rings (SSSR count). The number of nitrogens with one attached hydrogen (secondary N) is 2. The summed E-state index contributed by atoms with van der Waals surface area (Å²) in [4.78, 5) is 23.9. The van der Waals surface area contributed by atoms with Gasteiger partial charge < -0.3 is 14.8 Å². The monoisotopic (exact) mass is 395 g/mol. The fourth-order valence-corrected chi connectivity index (χ4v) is 2.37. The highest BCUT2D eigenvalue weighted by Crippen LogP contribution is 2.28. The number of ether oxygens (including phenoxy) is 2. The lowest BCUT2D eigenvalue weighted by molar-refractivity contribution is -0.136. The van der Waals surface area contributed by atoms with Crippen LogP contribution in [0.25, 0.3) is 0 Å². The van der Waals surface area contributed by atoms with Gasteiger partial charge in [-0.3, -0.25) is 9.59 Å². The van der Waals surface area contributed by atoms with Gasteiger partial charge in [0.1, 0.15) is 11.5 Å². The van der Waals surface area contributed by atoms with Crippen LogP contribution in [0.5, 0.6) is 11.5 Å². The van der Waals surface area contributed by atoms with Crippen molar-refractivity contribution < 1.29 is 19.1 Å². The minimum absolute atomic E-state index is 0.289. The van der Waals surface area contributed by atoms with Gasteiger partial charge in [0.05, 0.1) is 31.1 Å². The first-order valence-electron chi connectivity index (χ1n) is 7.26. The Hall–Kier alpha value is -2.77. The Kier molecular flexibility index (Phi) is 6.82. The van der Waals surface area contributed by atoms with Crippen molar-refractivity contribution >= 4 is 46.9 Å². The van der Waals surface area contributed by atoms with Crippen LogP contribution in [0.1, 0.15) is 5.56 Å². The molecule has 2 N–H and O–H groups in total. The summed E-state index contributed by atoms with van der Waals surface area (Å²) in [7, 11) is 2.93. The average Bonchev–Trinajstić information content (AvgIpc) is 2.63. The molecule has 136 valence electrons. The van der Waals surface area contributed by atoms with E-state index < -0.39 is 11.8 Å². The molecule has 0 aliphatic rings. The largest absolute Gasteiger partial charge is 0.497 e. The quantitative estimate of drug-likeness (QED) is 0.462. The molecule has 0 bridgehead atoms. The van der Waals surface area contributed by atoms with Crippen molar-refractivity contribution in [1.82, 2.24) is 5.43 Å². The topological polar surface area (TPSA) is 89.0 Å². The number of hydrogen-bond donors (Lipinski definition) is 2. The molecular weight excluding hydrogens is 381 g/mol. The number of amides is 2. The van der Waals surface area contributed by atoms with Crippen LogP contribution in [0.4, 0.5) is 5.69 Å². The van der Waals surface area contributed by atoms with E-state index >= 15 is 0 Å². The lowest BCUT2D eigenvalue weighted by Gasteiger charge is -2.11. The van der Waals surface area contributed by atoms with Gasteiger partial charge in [-0.2, -0.15) is 5.10 Å². The van der Waals surface area contributed by atoms with E-state index in [-0.39, 0.29) is 5.69 Å². The predicted molar refractivity (Wildman–Crippen MR) is 100 cm³/mol. The Morgan fingerprint density at radius 3 is 2.46 bits per heavy atom. The maximum absolute atomic E-state index is 12.0. The molecule has 2 amide bonds. The fourth-order valence-electron chi connectivity index (χ4n) is 1.91. The van der Waals surface area contributed by atoms with Gasteiger partial charge in [0.2, 0.25) is 0 Å². The van der Waals surface area contributed by atoms with Crippen molar-refractivity contribution in [3.8, 4) is 11.5 Å². The second-order valence-electron chi connectivity index (χ2n) is 4.89. The van der Waals surface area contributed by atoms with Crippen molar-refractivity contribution in [2.45, 2.75) is 0 Å². The van der Waals surface area contributed by atoms with Gasteiger partial charge in [-0.1, -0.05) is 29.3 Å². The third-order valence-electron chi connectivity index (χ3n) is 3.19. The molecule has 0 fully saturated rings. The molecule has 7 nitrogen and oxygen atoms in total. The summed E-state index contributed by atoms with van der Waals surface area (Å²) in [5.41, 5.74) is 2.94. The standard InChI is InChI=1S/C17H15Cl2N3O4/c1-25-12-5-6-15(26-2)14(8-12)21-16(23)17(24)22-20-9-10-3-4-11(18)7-13(10)19/h3-9H,1-2H3,(H,21,23)(H,22,24). The molecule has 9 heteroatoms. The van der Waals surface area contributed by atoms with E-state index in [0.717, 1.165) is 0 Å². The minimum Gasteiger partial charge on any atom is -0.497 e.